The third kappa shape index (κ3) is 5.30. The molecule has 1 aromatic rings. The number of piperidine rings is 1. The molecule has 2 aliphatic rings. The maximum Gasteiger partial charge on any atom is 0.163 e. The summed E-state index contributed by atoms with van der Waals surface area (Å²) in [6, 6.07) is 8.01. The highest BCUT2D eigenvalue weighted by Gasteiger charge is 2.24. The van der Waals surface area contributed by atoms with Gasteiger partial charge in [-0.25, -0.2) is 8.42 Å². The van der Waals surface area contributed by atoms with Crippen LogP contribution < -0.4 is 15.4 Å². The molecule has 1 atom stereocenters. The van der Waals surface area contributed by atoms with Crippen molar-refractivity contribution in [3.05, 3.63) is 35.9 Å². The number of hydrogen-bond donors (Lipinski definition) is 2. The van der Waals surface area contributed by atoms with Crippen molar-refractivity contribution in [2.45, 2.75) is 31.1 Å². The van der Waals surface area contributed by atoms with Crippen molar-refractivity contribution < 1.29 is 13.2 Å². The van der Waals surface area contributed by atoms with Crippen LogP contribution in [-0.2, 0) is 9.84 Å². The molecule has 1 aromatic carbocycles. The standard InChI is InChI=1S/C19H28N2O3S/c1-25(22,23)19-14-17(8-12-21-19)16-2-4-18(5-3-16)24-13-9-15-6-10-20-11-7-15/h2-5,8,15,19-21H,6-7,9-14H2,1H3. The summed E-state index contributed by atoms with van der Waals surface area (Å²) in [5.74, 6) is 1.65. The first kappa shape index (κ1) is 18.4. The molecule has 0 saturated carbocycles. The molecule has 2 aliphatic heterocycles. The number of hydrogen-bond acceptors (Lipinski definition) is 5. The van der Waals surface area contributed by atoms with E-state index in [0.717, 1.165) is 48.9 Å². The minimum atomic E-state index is -3.08. The van der Waals surface area contributed by atoms with E-state index >= 15 is 0 Å². The van der Waals surface area contributed by atoms with Crippen LogP contribution in [0.2, 0.25) is 0 Å². The van der Waals surface area contributed by atoms with Gasteiger partial charge in [0, 0.05) is 19.2 Å². The molecule has 6 heteroatoms. The summed E-state index contributed by atoms with van der Waals surface area (Å²) in [6.07, 6.45) is 7.45. The van der Waals surface area contributed by atoms with Gasteiger partial charge in [0.1, 0.15) is 11.1 Å². The molecule has 1 fully saturated rings. The molecule has 3 rings (SSSR count). The van der Waals surface area contributed by atoms with Crippen molar-refractivity contribution in [3.8, 4) is 5.75 Å². The molecule has 25 heavy (non-hydrogen) atoms. The summed E-state index contributed by atoms with van der Waals surface area (Å²) in [6.45, 7) is 3.59. The summed E-state index contributed by atoms with van der Waals surface area (Å²) >= 11 is 0. The fourth-order valence-corrected chi connectivity index (χ4v) is 4.37. The van der Waals surface area contributed by atoms with Crippen molar-refractivity contribution in [2.75, 3.05) is 32.5 Å². The van der Waals surface area contributed by atoms with E-state index in [9.17, 15) is 8.42 Å². The molecule has 0 spiro atoms. The summed E-state index contributed by atoms with van der Waals surface area (Å²) in [7, 11) is -3.08. The van der Waals surface area contributed by atoms with E-state index in [1.54, 1.807) is 0 Å². The quantitative estimate of drug-likeness (QED) is 0.810. The minimum Gasteiger partial charge on any atom is -0.494 e. The van der Waals surface area contributed by atoms with Crippen molar-refractivity contribution in [3.63, 3.8) is 0 Å². The van der Waals surface area contributed by atoms with Gasteiger partial charge in [0.15, 0.2) is 9.84 Å². The Morgan fingerprint density at radius 3 is 2.56 bits per heavy atom. The Bertz CT molecular complexity index is 692. The fourth-order valence-electron chi connectivity index (χ4n) is 3.49. The number of sulfone groups is 1. The number of ether oxygens (including phenoxy) is 1. The van der Waals surface area contributed by atoms with E-state index in [1.807, 2.05) is 24.3 Å². The molecule has 0 aliphatic carbocycles. The van der Waals surface area contributed by atoms with Gasteiger partial charge in [-0.1, -0.05) is 18.2 Å². The number of rotatable bonds is 6. The first-order chi connectivity index (χ1) is 12.0. The molecule has 0 bridgehead atoms. The Morgan fingerprint density at radius 2 is 1.88 bits per heavy atom. The molecule has 5 nitrogen and oxygen atoms in total. The third-order valence-electron chi connectivity index (χ3n) is 5.09. The summed E-state index contributed by atoms with van der Waals surface area (Å²) in [5, 5.41) is 5.93. The second-order valence-electron chi connectivity index (χ2n) is 7.01. The van der Waals surface area contributed by atoms with E-state index in [0.29, 0.717) is 13.0 Å². The molecule has 0 aromatic heterocycles. The zero-order valence-corrected chi connectivity index (χ0v) is 15.6. The molecule has 1 saturated heterocycles. The minimum absolute atomic E-state index is 0.492. The van der Waals surface area contributed by atoms with Gasteiger partial charge in [-0.2, -0.15) is 0 Å². The van der Waals surface area contributed by atoms with Crippen LogP contribution in [-0.4, -0.2) is 46.3 Å². The summed E-state index contributed by atoms with van der Waals surface area (Å²) in [5.41, 5.74) is 2.15. The fraction of sp³-hybridized carbons (Fsp3) is 0.579. The van der Waals surface area contributed by atoms with Gasteiger partial charge in [-0.15, -0.1) is 0 Å². The van der Waals surface area contributed by atoms with Crippen molar-refractivity contribution in [1.29, 1.82) is 0 Å². The second kappa shape index (κ2) is 8.34. The molecule has 0 amide bonds. The van der Waals surface area contributed by atoms with Crippen LogP contribution in [0.4, 0.5) is 0 Å². The zero-order chi connectivity index (χ0) is 17.7. The lowest BCUT2D eigenvalue weighted by Gasteiger charge is -2.23. The van der Waals surface area contributed by atoms with Gasteiger partial charge < -0.3 is 10.1 Å². The van der Waals surface area contributed by atoms with Crippen molar-refractivity contribution >= 4 is 15.4 Å². The highest BCUT2D eigenvalue weighted by atomic mass is 32.2. The van der Waals surface area contributed by atoms with Crippen LogP contribution in [0.1, 0.15) is 31.2 Å². The molecular formula is C19H28N2O3S. The van der Waals surface area contributed by atoms with Crippen molar-refractivity contribution in [1.82, 2.24) is 10.6 Å². The third-order valence-corrected chi connectivity index (χ3v) is 6.46. The first-order valence-electron chi connectivity index (χ1n) is 9.07. The molecule has 0 radical (unpaired) electrons. The zero-order valence-electron chi connectivity index (χ0n) is 14.8. The van der Waals surface area contributed by atoms with Gasteiger partial charge in [-0.3, -0.25) is 5.32 Å². The Labute approximate surface area is 150 Å². The largest absolute Gasteiger partial charge is 0.494 e. The molecule has 1 unspecified atom stereocenters. The topological polar surface area (TPSA) is 67.4 Å². The maximum absolute atomic E-state index is 11.8. The van der Waals surface area contributed by atoms with Gasteiger partial charge in [-0.05, 0) is 61.5 Å². The molecular weight excluding hydrogens is 336 g/mol. The highest BCUT2D eigenvalue weighted by molar-refractivity contribution is 7.91. The lowest BCUT2D eigenvalue weighted by Crippen LogP contribution is -2.38. The van der Waals surface area contributed by atoms with Crippen LogP contribution >= 0.6 is 0 Å². The monoisotopic (exact) mass is 364 g/mol. The van der Waals surface area contributed by atoms with Crippen molar-refractivity contribution in [2.24, 2.45) is 5.92 Å². The van der Waals surface area contributed by atoms with E-state index in [1.165, 1.54) is 19.1 Å². The van der Waals surface area contributed by atoms with Crippen LogP contribution in [0.25, 0.3) is 5.57 Å². The number of benzene rings is 1. The van der Waals surface area contributed by atoms with Crippen LogP contribution in [0.3, 0.4) is 0 Å². The Balaban J connectivity index is 1.52. The Morgan fingerprint density at radius 1 is 1.16 bits per heavy atom. The maximum atomic E-state index is 11.8. The van der Waals surface area contributed by atoms with Gasteiger partial charge in [0.2, 0.25) is 0 Å². The lowest BCUT2D eigenvalue weighted by atomic mass is 9.95. The SMILES string of the molecule is CS(=O)(=O)C1CC(c2ccc(OCCC3CCNCC3)cc2)=CCN1. The second-order valence-corrected chi connectivity index (χ2v) is 9.24. The van der Waals surface area contributed by atoms with E-state index in [4.69, 9.17) is 4.74 Å². The lowest BCUT2D eigenvalue weighted by molar-refractivity contribution is 0.252. The Kier molecular flexibility index (Phi) is 6.15. The summed E-state index contributed by atoms with van der Waals surface area (Å²) in [4.78, 5) is 0. The Hall–Kier alpha value is -1.37. The van der Waals surface area contributed by atoms with E-state index in [2.05, 4.69) is 16.7 Å². The molecule has 138 valence electrons. The summed E-state index contributed by atoms with van der Waals surface area (Å²) < 4.78 is 29.4. The van der Waals surface area contributed by atoms with E-state index in [-0.39, 0.29) is 0 Å². The van der Waals surface area contributed by atoms with Crippen LogP contribution in [0.15, 0.2) is 30.3 Å². The normalized spacial score (nSPS) is 22.4. The predicted octanol–water partition coefficient (Wildman–Crippen LogP) is 2.20. The van der Waals surface area contributed by atoms with Gasteiger partial charge in [0.25, 0.3) is 0 Å². The van der Waals surface area contributed by atoms with Crippen LogP contribution in [0, 0.1) is 5.92 Å². The number of nitrogens with one attached hydrogen (secondary N) is 2. The smallest absolute Gasteiger partial charge is 0.163 e. The molecule has 2 heterocycles. The average Bonchev–Trinajstić information content (AvgIpc) is 2.63. The molecule has 2 N–H and O–H groups in total. The van der Waals surface area contributed by atoms with Gasteiger partial charge in [0.05, 0.1) is 6.61 Å². The first-order valence-corrected chi connectivity index (χ1v) is 11.0. The highest BCUT2D eigenvalue weighted by Crippen LogP contribution is 2.26. The van der Waals surface area contributed by atoms with Crippen LogP contribution in [0.5, 0.6) is 5.75 Å². The average molecular weight is 365 g/mol. The van der Waals surface area contributed by atoms with E-state index < -0.39 is 15.2 Å². The van der Waals surface area contributed by atoms with Gasteiger partial charge >= 0.3 is 0 Å². The predicted molar refractivity (Wildman–Crippen MR) is 101 cm³/mol.